The van der Waals surface area contributed by atoms with E-state index in [0.717, 1.165) is 44.5 Å². The number of fused-ring (bicyclic) bond motifs is 2. The second kappa shape index (κ2) is 7.57. The van der Waals surface area contributed by atoms with Crippen LogP contribution in [0.3, 0.4) is 0 Å². The number of rotatable bonds is 5. The van der Waals surface area contributed by atoms with Crippen LogP contribution in [0.15, 0.2) is 24.4 Å². The third-order valence-corrected chi connectivity index (χ3v) is 7.93. The van der Waals surface area contributed by atoms with Gasteiger partial charge in [0.15, 0.2) is 11.9 Å². The average molecular weight is 403 g/mol. The zero-order valence-electron chi connectivity index (χ0n) is 17.8. The van der Waals surface area contributed by atoms with Crippen LogP contribution < -0.4 is 5.32 Å². The van der Waals surface area contributed by atoms with Crippen LogP contribution in [0.5, 0.6) is 0 Å². The van der Waals surface area contributed by atoms with Gasteiger partial charge in [0.05, 0.1) is 11.8 Å². The molecule has 1 N–H and O–H groups in total. The van der Waals surface area contributed by atoms with Gasteiger partial charge in [0, 0.05) is 25.1 Å². The van der Waals surface area contributed by atoms with Crippen molar-refractivity contribution in [3.05, 3.63) is 30.1 Å². The smallest absolute Gasteiger partial charge is 0.201 e. The highest BCUT2D eigenvalue weighted by molar-refractivity contribution is 5.10. The Hall–Kier alpha value is -1.05. The van der Waals surface area contributed by atoms with Gasteiger partial charge < -0.3 is 14.8 Å². The van der Waals surface area contributed by atoms with E-state index in [1.54, 1.807) is 0 Å². The lowest BCUT2D eigenvalue weighted by Gasteiger charge is -2.60. The molecular weight excluding hydrogens is 368 g/mol. The van der Waals surface area contributed by atoms with Gasteiger partial charge in [0.2, 0.25) is 5.79 Å². The molecule has 0 aromatic carbocycles. The second-order valence-electron chi connectivity index (χ2n) is 9.73. The van der Waals surface area contributed by atoms with Gasteiger partial charge in [-0.2, -0.15) is 0 Å². The van der Waals surface area contributed by atoms with Gasteiger partial charge in [-0.05, 0) is 69.0 Å². The molecule has 6 nitrogen and oxygen atoms in total. The Morgan fingerprint density at radius 2 is 2.03 bits per heavy atom. The van der Waals surface area contributed by atoms with Crippen molar-refractivity contribution >= 4 is 0 Å². The van der Waals surface area contributed by atoms with Crippen LogP contribution in [0, 0.1) is 23.7 Å². The molecule has 1 aromatic heterocycles. The zero-order chi connectivity index (χ0) is 20.1. The standard InChI is InChI=1S/C23H34N2O4/c1-15-7-8-19-16(2)20(10-13-24-14-17-6-4-5-12-25-17)26-21-23(19)18(15)9-11-22(3,27-21)28-29-23/h4-6,12,15-16,18-21,24H,7-11,13-14H2,1-3H3/t15-,16-,18+,19+,20-,21-,22+,23-/m1/s1. The van der Waals surface area contributed by atoms with Crippen LogP contribution in [0.4, 0.5) is 0 Å². The average Bonchev–Trinajstić information content (AvgIpc) is 2.95. The molecule has 5 aliphatic rings. The van der Waals surface area contributed by atoms with E-state index >= 15 is 0 Å². The Bertz CT molecular complexity index is 718. The summed E-state index contributed by atoms with van der Waals surface area (Å²) in [5, 5.41) is 3.52. The minimum atomic E-state index is -0.695. The monoisotopic (exact) mass is 402 g/mol. The van der Waals surface area contributed by atoms with Crippen molar-refractivity contribution < 1.29 is 19.2 Å². The Labute approximate surface area is 173 Å². The van der Waals surface area contributed by atoms with E-state index in [0.29, 0.717) is 23.7 Å². The molecule has 1 spiro atoms. The highest BCUT2D eigenvalue weighted by Crippen LogP contribution is 2.60. The highest BCUT2D eigenvalue weighted by Gasteiger charge is 2.69. The molecular formula is C23H34N2O4. The minimum absolute atomic E-state index is 0.160. The third kappa shape index (κ3) is 3.33. The molecule has 1 saturated carbocycles. The molecule has 5 heterocycles. The zero-order valence-corrected chi connectivity index (χ0v) is 17.8. The van der Waals surface area contributed by atoms with Crippen molar-refractivity contribution in [2.75, 3.05) is 6.54 Å². The predicted octanol–water partition coefficient (Wildman–Crippen LogP) is 3.81. The molecule has 1 aliphatic carbocycles. The van der Waals surface area contributed by atoms with E-state index in [-0.39, 0.29) is 12.4 Å². The van der Waals surface area contributed by atoms with Crippen molar-refractivity contribution in [2.45, 2.75) is 83.2 Å². The van der Waals surface area contributed by atoms with Gasteiger partial charge in [0.1, 0.15) is 0 Å². The normalized spacial score (nSPS) is 46.2. The lowest BCUT2D eigenvalue weighted by atomic mass is 9.57. The Kier molecular flexibility index (Phi) is 5.19. The van der Waals surface area contributed by atoms with E-state index in [9.17, 15) is 0 Å². The maximum atomic E-state index is 6.63. The maximum Gasteiger partial charge on any atom is 0.201 e. The predicted molar refractivity (Wildman–Crippen MR) is 107 cm³/mol. The largest absolute Gasteiger partial charge is 0.346 e. The number of hydrogen-bond donors (Lipinski definition) is 1. The van der Waals surface area contributed by atoms with Crippen molar-refractivity contribution in [1.82, 2.24) is 10.3 Å². The summed E-state index contributed by atoms with van der Waals surface area (Å²) in [5.41, 5.74) is 0.612. The van der Waals surface area contributed by atoms with Gasteiger partial charge in [-0.25, -0.2) is 9.78 Å². The van der Waals surface area contributed by atoms with Crippen LogP contribution in [0.2, 0.25) is 0 Å². The quantitative estimate of drug-likeness (QED) is 0.597. The molecule has 4 saturated heterocycles. The van der Waals surface area contributed by atoms with Crippen LogP contribution >= 0.6 is 0 Å². The van der Waals surface area contributed by atoms with Crippen molar-refractivity contribution in [2.24, 2.45) is 23.7 Å². The SMILES string of the molecule is C[C@H]1[C@@H](CCNCc2ccccn2)O[C@@H]2O[C@]3(C)CC[C@H]4[C@H](C)CC[C@@H]1[C@@]24OO3. The molecule has 8 atom stereocenters. The topological polar surface area (TPSA) is 61.8 Å². The maximum absolute atomic E-state index is 6.63. The molecule has 6 rings (SSSR count). The van der Waals surface area contributed by atoms with Gasteiger partial charge in [-0.1, -0.05) is 19.9 Å². The Balaban J connectivity index is 1.29. The van der Waals surface area contributed by atoms with Crippen molar-refractivity contribution in [3.63, 3.8) is 0 Å². The number of ether oxygens (including phenoxy) is 2. The molecule has 1 aromatic rings. The number of pyridine rings is 1. The summed E-state index contributed by atoms with van der Waals surface area (Å²) in [6.07, 6.45) is 6.96. The number of aromatic nitrogens is 1. The Morgan fingerprint density at radius 3 is 2.86 bits per heavy atom. The molecule has 6 heteroatoms. The van der Waals surface area contributed by atoms with E-state index in [4.69, 9.17) is 19.2 Å². The fourth-order valence-corrected chi connectivity index (χ4v) is 6.27. The fraction of sp³-hybridized carbons (Fsp3) is 0.783. The summed E-state index contributed by atoms with van der Waals surface area (Å²) < 4.78 is 13.1. The summed E-state index contributed by atoms with van der Waals surface area (Å²) in [5.74, 6) is 1.16. The molecule has 2 bridgehead atoms. The van der Waals surface area contributed by atoms with E-state index in [2.05, 4.69) is 24.1 Å². The lowest BCUT2D eigenvalue weighted by Crippen LogP contribution is -2.70. The summed E-state index contributed by atoms with van der Waals surface area (Å²) in [7, 11) is 0. The third-order valence-electron chi connectivity index (χ3n) is 7.93. The molecule has 0 unspecified atom stereocenters. The van der Waals surface area contributed by atoms with Gasteiger partial charge in [-0.3, -0.25) is 4.98 Å². The fourth-order valence-electron chi connectivity index (χ4n) is 6.27. The Morgan fingerprint density at radius 1 is 1.14 bits per heavy atom. The molecule has 0 radical (unpaired) electrons. The van der Waals surface area contributed by atoms with Crippen molar-refractivity contribution in [1.29, 1.82) is 0 Å². The van der Waals surface area contributed by atoms with Gasteiger partial charge in [0.25, 0.3) is 0 Å². The number of nitrogens with zero attached hydrogens (tertiary/aromatic N) is 1. The summed E-state index contributed by atoms with van der Waals surface area (Å²) in [6.45, 7) is 8.35. The summed E-state index contributed by atoms with van der Waals surface area (Å²) in [4.78, 5) is 16.5. The van der Waals surface area contributed by atoms with Crippen molar-refractivity contribution in [3.8, 4) is 0 Å². The first-order valence-electron chi connectivity index (χ1n) is 11.3. The molecule has 4 aliphatic heterocycles. The molecule has 5 fully saturated rings. The summed E-state index contributed by atoms with van der Waals surface area (Å²) >= 11 is 0. The van der Waals surface area contributed by atoms with E-state index in [1.807, 2.05) is 31.3 Å². The highest BCUT2D eigenvalue weighted by atomic mass is 17.3. The van der Waals surface area contributed by atoms with Gasteiger partial charge in [-0.15, -0.1) is 0 Å². The van der Waals surface area contributed by atoms with Gasteiger partial charge >= 0.3 is 0 Å². The molecule has 160 valence electrons. The van der Waals surface area contributed by atoms with Crippen LogP contribution in [0.1, 0.15) is 58.6 Å². The summed E-state index contributed by atoms with van der Waals surface area (Å²) in [6, 6.07) is 6.02. The number of hydrogen-bond acceptors (Lipinski definition) is 6. The van der Waals surface area contributed by atoms with Crippen LogP contribution in [-0.4, -0.2) is 35.3 Å². The minimum Gasteiger partial charge on any atom is -0.346 e. The number of nitrogens with one attached hydrogen (secondary N) is 1. The first-order chi connectivity index (χ1) is 14.0. The second-order valence-corrected chi connectivity index (χ2v) is 9.73. The molecule has 29 heavy (non-hydrogen) atoms. The first kappa shape index (κ1) is 19.9. The molecule has 0 amide bonds. The first-order valence-corrected chi connectivity index (χ1v) is 11.3. The van der Waals surface area contributed by atoms with E-state index in [1.165, 1.54) is 6.42 Å². The van der Waals surface area contributed by atoms with Crippen LogP contribution in [-0.2, 0) is 25.8 Å². The lowest BCUT2D eigenvalue weighted by molar-refractivity contribution is -0.571. The van der Waals surface area contributed by atoms with Crippen LogP contribution in [0.25, 0.3) is 0 Å². The van der Waals surface area contributed by atoms with E-state index < -0.39 is 11.4 Å².